The van der Waals surface area contributed by atoms with Crippen molar-refractivity contribution in [3.05, 3.63) is 0 Å². The Bertz CT molecular complexity index is 588. The van der Waals surface area contributed by atoms with Crippen LogP contribution >= 0.6 is 0 Å². The maximum absolute atomic E-state index is 12.2. The van der Waals surface area contributed by atoms with Crippen LogP contribution in [0.25, 0.3) is 0 Å². The van der Waals surface area contributed by atoms with Gasteiger partial charge in [0, 0.05) is 18.9 Å². The van der Waals surface area contributed by atoms with Crippen molar-refractivity contribution in [1.82, 2.24) is 0 Å². The molecule has 5 aliphatic rings. The maximum atomic E-state index is 12.2. The van der Waals surface area contributed by atoms with Crippen molar-refractivity contribution < 1.29 is 14.6 Å². The fourth-order valence-electron chi connectivity index (χ4n) is 8.79. The summed E-state index contributed by atoms with van der Waals surface area (Å²) in [6.45, 7) is 4.25. The fraction of sp³-hybridized carbons (Fsp3) is 0.955. The summed E-state index contributed by atoms with van der Waals surface area (Å²) in [5.41, 5.74) is -0.233. The van der Waals surface area contributed by atoms with Gasteiger partial charge in [-0.3, -0.25) is 4.79 Å². The molecule has 5 fully saturated rings. The van der Waals surface area contributed by atoms with Crippen molar-refractivity contribution >= 4 is 5.78 Å². The molecule has 10 atom stereocenters. The number of hydrogen-bond donors (Lipinski definition) is 1. The number of hydrogen-bond acceptors (Lipinski definition) is 3. The molecule has 0 radical (unpaired) electrons. The van der Waals surface area contributed by atoms with E-state index in [2.05, 4.69) is 6.92 Å². The van der Waals surface area contributed by atoms with Gasteiger partial charge in [0.1, 0.15) is 5.78 Å². The normalized spacial score (nSPS) is 59.4. The van der Waals surface area contributed by atoms with E-state index in [-0.39, 0.29) is 11.5 Å². The van der Waals surface area contributed by atoms with Crippen LogP contribution in [0, 0.1) is 46.8 Å². The summed E-state index contributed by atoms with van der Waals surface area (Å²) in [5, 5.41) is 10.9. The van der Waals surface area contributed by atoms with Crippen LogP contribution in [-0.2, 0) is 9.53 Å². The highest BCUT2D eigenvalue weighted by Crippen LogP contribution is 2.69. The molecule has 0 aromatic rings. The van der Waals surface area contributed by atoms with Gasteiger partial charge in [-0.1, -0.05) is 6.92 Å². The average Bonchev–Trinajstić information content (AvgIpc) is 3.04. The van der Waals surface area contributed by atoms with Crippen LogP contribution in [0.1, 0.15) is 65.2 Å². The third-order valence-corrected chi connectivity index (χ3v) is 9.80. The van der Waals surface area contributed by atoms with Crippen LogP contribution < -0.4 is 0 Å². The lowest BCUT2D eigenvalue weighted by Gasteiger charge is -2.55. The molecular weight excluding hydrogens is 312 g/mol. The molecule has 5 saturated carbocycles. The molecule has 0 aromatic carbocycles. The fourth-order valence-corrected chi connectivity index (χ4v) is 8.79. The largest absolute Gasteiger partial charge is 0.387 e. The quantitative estimate of drug-likeness (QED) is 0.826. The molecule has 3 nitrogen and oxygen atoms in total. The number of carbonyl (C=O) groups excluding carboxylic acids is 1. The van der Waals surface area contributed by atoms with E-state index >= 15 is 0 Å². The van der Waals surface area contributed by atoms with E-state index in [0.717, 1.165) is 36.5 Å². The Balaban J connectivity index is 1.39. The molecule has 0 bridgehead atoms. The van der Waals surface area contributed by atoms with Gasteiger partial charge < -0.3 is 9.84 Å². The molecule has 2 unspecified atom stereocenters. The van der Waals surface area contributed by atoms with Gasteiger partial charge in [-0.05, 0) is 93.3 Å². The minimum Gasteiger partial charge on any atom is -0.387 e. The first-order chi connectivity index (χ1) is 11.9. The second kappa shape index (κ2) is 5.32. The Kier molecular flexibility index (Phi) is 3.56. The van der Waals surface area contributed by atoms with Gasteiger partial charge in [-0.15, -0.1) is 0 Å². The van der Waals surface area contributed by atoms with E-state index in [1.54, 1.807) is 7.11 Å². The van der Waals surface area contributed by atoms with E-state index < -0.39 is 5.60 Å². The Hall–Kier alpha value is -0.410. The molecule has 0 spiro atoms. The van der Waals surface area contributed by atoms with Gasteiger partial charge in [-0.25, -0.2) is 0 Å². The molecule has 0 saturated heterocycles. The van der Waals surface area contributed by atoms with E-state index in [1.165, 1.54) is 38.5 Å². The third-order valence-electron chi connectivity index (χ3n) is 9.80. The van der Waals surface area contributed by atoms with Gasteiger partial charge in [-0.2, -0.15) is 0 Å². The monoisotopic (exact) mass is 346 g/mol. The summed E-state index contributed by atoms with van der Waals surface area (Å²) in [6.07, 6.45) is 9.78. The lowest BCUT2D eigenvalue weighted by atomic mass is 9.49. The molecule has 3 heteroatoms. The zero-order valence-corrected chi connectivity index (χ0v) is 16.0. The van der Waals surface area contributed by atoms with E-state index in [4.69, 9.17) is 4.74 Å². The average molecular weight is 347 g/mol. The molecule has 1 N–H and O–H groups in total. The van der Waals surface area contributed by atoms with Crippen molar-refractivity contribution in [3.63, 3.8) is 0 Å². The molecule has 0 heterocycles. The highest BCUT2D eigenvalue weighted by atomic mass is 16.5. The Labute approximate surface area is 151 Å². The number of rotatable bonds is 2. The van der Waals surface area contributed by atoms with Crippen molar-refractivity contribution in [2.75, 3.05) is 7.11 Å². The number of fused-ring (bicyclic) bond motifs is 7. The predicted octanol–water partition coefficient (Wildman–Crippen LogP) is 3.83. The number of carbonyl (C=O) groups is 1. The summed E-state index contributed by atoms with van der Waals surface area (Å²) in [6, 6.07) is 0. The summed E-state index contributed by atoms with van der Waals surface area (Å²) >= 11 is 0. The van der Waals surface area contributed by atoms with E-state index in [1.807, 2.05) is 6.92 Å². The highest BCUT2D eigenvalue weighted by molar-refractivity contribution is 5.79. The number of methoxy groups -OCH3 is 1. The van der Waals surface area contributed by atoms with E-state index in [9.17, 15) is 9.90 Å². The zero-order chi connectivity index (χ0) is 17.6. The molecule has 140 valence electrons. The van der Waals surface area contributed by atoms with Gasteiger partial charge in [0.05, 0.1) is 11.7 Å². The predicted molar refractivity (Wildman–Crippen MR) is 95.9 cm³/mol. The van der Waals surface area contributed by atoms with E-state index in [0.29, 0.717) is 23.5 Å². The second-order valence-corrected chi connectivity index (χ2v) is 10.3. The summed E-state index contributed by atoms with van der Waals surface area (Å²) in [5.74, 6) is 5.05. The van der Waals surface area contributed by atoms with Crippen LogP contribution in [-0.4, -0.2) is 29.7 Å². The molecule has 5 aliphatic carbocycles. The van der Waals surface area contributed by atoms with Crippen LogP contribution in [0.2, 0.25) is 0 Å². The second-order valence-electron chi connectivity index (χ2n) is 10.3. The topological polar surface area (TPSA) is 46.5 Å². The first-order valence-corrected chi connectivity index (χ1v) is 10.7. The minimum absolute atomic E-state index is 0.0986. The molecule has 25 heavy (non-hydrogen) atoms. The standard InChI is InChI=1S/C22H34O3/c1-12(23)17-6-7-18-15-4-5-16-14(13(15)8-10-21(17,18)2)9-11-22(24)19(16)20(22)25-3/h13-20,24H,4-11H2,1-3H3/t13-,14-,15-,16+,17-,18+,19?,20?,21-,22-/m1/s1. The van der Waals surface area contributed by atoms with Crippen LogP contribution in [0.15, 0.2) is 0 Å². The first kappa shape index (κ1) is 16.7. The number of Topliss-reactive ketones (excluding diaryl/α,β-unsaturated/α-hetero) is 1. The molecule has 0 aliphatic heterocycles. The SMILES string of the molecule is COC1C2[C@H]3CC[C@@H]4[C@H](CC[C@]5(C)[C@@H](C(C)=O)CC[C@@H]45)[C@H]3CC[C@]12O. The number of ketones is 1. The summed E-state index contributed by atoms with van der Waals surface area (Å²) in [7, 11) is 1.77. The van der Waals surface area contributed by atoms with Crippen molar-refractivity contribution in [2.24, 2.45) is 46.8 Å². The Morgan fingerprint density at radius 3 is 2.36 bits per heavy atom. The smallest absolute Gasteiger partial charge is 0.133 e. The van der Waals surface area contributed by atoms with Gasteiger partial charge >= 0.3 is 0 Å². The number of aliphatic hydroxyl groups is 1. The number of ether oxygens (including phenoxy) is 1. The van der Waals surface area contributed by atoms with Crippen LogP contribution in [0.4, 0.5) is 0 Å². The van der Waals surface area contributed by atoms with Crippen LogP contribution in [0.3, 0.4) is 0 Å². The van der Waals surface area contributed by atoms with Crippen molar-refractivity contribution in [2.45, 2.75) is 76.9 Å². The minimum atomic E-state index is -0.501. The lowest BCUT2D eigenvalue weighted by molar-refractivity contribution is -0.128. The molecular formula is C22H34O3. The maximum Gasteiger partial charge on any atom is 0.133 e. The van der Waals surface area contributed by atoms with Crippen molar-refractivity contribution in [1.29, 1.82) is 0 Å². The van der Waals surface area contributed by atoms with Gasteiger partial charge in [0.2, 0.25) is 0 Å². The van der Waals surface area contributed by atoms with Gasteiger partial charge in [0.25, 0.3) is 0 Å². The Morgan fingerprint density at radius 1 is 0.960 bits per heavy atom. The van der Waals surface area contributed by atoms with Crippen molar-refractivity contribution in [3.8, 4) is 0 Å². The first-order valence-electron chi connectivity index (χ1n) is 10.7. The molecule has 5 rings (SSSR count). The van der Waals surface area contributed by atoms with Crippen LogP contribution in [0.5, 0.6) is 0 Å². The third kappa shape index (κ3) is 2.03. The lowest BCUT2D eigenvalue weighted by Crippen LogP contribution is -2.50. The highest BCUT2D eigenvalue weighted by Gasteiger charge is 2.72. The summed E-state index contributed by atoms with van der Waals surface area (Å²) in [4.78, 5) is 12.2. The van der Waals surface area contributed by atoms with Gasteiger partial charge in [0.15, 0.2) is 0 Å². The Morgan fingerprint density at radius 2 is 1.64 bits per heavy atom. The molecule has 0 aromatic heterocycles. The zero-order valence-electron chi connectivity index (χ0n) is 16.0. The molecule has 0 amide bonds. The summed E-state index contributed by atoms with van der Waals surface area (Å²) < 4.78 is 5.63.